The lowest BCUT2D eigenvalue weighted by molar-refractivity contribution is -0.159. The Labute approximate surface area is 177 Å². The van der Waals surface area contributed by atoms with Gasteiger partial charge in [0.15, 0.2) is 0 Å². The molecule has 0 unspecified atom stereocenters. The van der Waals surface area contributed by atoms with Crippen LogP contribution in [0.2, 0.25) is 5.02 Å². The molecular weight excluding hydrogens is 398 g/mol. The normalized spacial score (nSPS) is 19.1. The van der Waals surface area contributed by atoms with Crippen LogP contribution in [0.1, 0.15) is 39.0 Å². The fourth-order valence-corrected chi connectivity index (χ4v) is 3.40. The number of carbonyl (C=O) groups is 2. The van der Waals surface area contributed by atoms with E-state index in [1.165, 1.54) is 38.8 Å². The minimum Gasteiger partial charge on any atom is -0.494 e. The van der Waals surface area contributed by atoms with E-state index in [9.17, 15) is 0 Å². The van der Waals surface area contributed by atoms with E-state index in [1.54, 1.807) is 0 Å². The van der Waals surface area contributed by atoms with Gasteiger partial charge in [-0.25, -0.2) is 9.59 Å². The Morgan fingerprint density at radius 1 is 1.17 bits per heavy atom. The first-order valence-corrected chi connectivity index (χ1v) is 10.3. The highest BCUT2D eigenvalue weighted by atomic mass is 35.5. The summed E-state index contributed by atoms with van der Waals surface area (Å²) in [6.07, 6.45) is 6.49. The molecule has 0 aromatic heterocycles. The van der Waals surface area contributed by atoms with Gasteiger partial charge in [0.1, 0.15) is 5.75 Å². The lowest BCUT2D eigenvalue weighted by atomic mass is 9.91. The minimum atomic E-state index is -1.82. The number of ether oxygens (including phenoxy) is 2. The van der Waals surface area contributed by atoms with Gasteiger partial charge < -0.3 is 24.6 Å². The summed E-state index contributed by atoms with van der Waals surface area (Å²) in [6, 6.07) is 7.58. The minimum absolute atomic E-state index is 0.333. The monoisotopic (exact) mass is 429 g/mol. The zero-order valence-corrected chi connectivity index (χ0v) is 17.9. The molecule has 0 aliphatic carbocycles. The van der Waals surface area contributed by atoms with Gasteiger partial charge in [-0.3, -0.25) is 0 Å². The van der Waals surface area contributed by atoms with Crippen LogP contribution in [-0.4, -0.2) is 66.5 Å². The number of carboxylic acid groups (broad SMARTS) is 2. The van der Waals surface area contributed by atoms with Gasteiger partial charge in [-0.05, 0) is 62.5 Å². The molecule has 1 fully saturated rings. The molecule has 0 spiro atoms. The van der Waals surface area contributed by atoms with Crippen molar-refractivity contribution in [2.45, 2.75) is 45.1 Å². The van der Waals surface area contributed by atoms with E-state index in [4.69, 9.17) is 40.9 Å². The van der Waals surface area contributed by atoms with Crippen molar-refractivity contribution in [1.82, 2.24) is 4.90 Å². The summed E-state index contributed by atoms with van der Waals surface area (Å²) in [5.74, 6) is -2.17. The molecule has 1 heterocycles. The predicted molar refractivity (Wildman–Crippen MR) is 112 cm³/mol. The van der Waals surface area contributed by atoms with Crippen LogP contribution in [0, 0.1) is 5.92 Å². The quantitative estimate of drug-likeness (QED) is 0.455. The fraction of sp³-hybridized carbons (Fsp3) is 0.619. The SMILES string of the molecule is CCCCCN1CC[C@@H](CCOc2ccc(Cl)cc2)[C@@H](OC)C1.O=C(O)C(=O)O. The van der Waals surface area contributed by atoms with Crippen LogP contribution in [-0.2, 0) is 14.3 Å². The van der Waals surface area contributed by atoms with Crippen molar-refractivity contribution >= 4 is 23.5 Å². The standard InChI is InChI=1S/C19H30ClNO2.C2H2O4/c1-3-4-5-12-21-13-10-16(19(15-21)22-2)11-14-23-18-8-6-17(20)7-9-18;3-1(4)2(5)6/h6-9,16,19H,3-5,10-15H2,1-2H3;(H,3,4)(H,5,6)/t16-,19-;/m0./s1. The molecule has 1 aromatic carbocycles. The molecule has 2 rings (SSSR count). The van der Waals surface area contributed by atoms with Gasteiger partial charge in [0.2, 0.25) is 0 Å². The molecule has 1 aliphatic heterocycles. The van der Waals surface area contributed by atoms with E-state index < -0.39 is 11.9 Å². The predicted octanol–water partition coefficient (Wildman–Crippen LogP) is 3.79. The Balaban J connectivity index is 0.000000612. The highest BCUT2D eigenvalue weighted by molar-refractivity contribution is 6.30. The molecular formula is C21H32ClNO6. The van der Waals surface area contributed by atoms with Crippen molar-refractivity contribution in [2.24, 2.45) is 5.92 Å². The van der Waals surface area contributed by atoms with Crippen molar-refractivity contribution in [3.8, 4) is 5.75 Å². The van der Waals surface area contributed by atoms with Gasteiger partial charge in [-0.15, -0.1) is 0 Å². The molecule has 1 aromatic rings. The van der Waals surface area contributed by atoms with Gasteiger partial charge >= 0.3 is 11.9 Å². The number of nitrogens with zero attached hydrogens (tertiary/aromatic N) is 1. The Bertz CT molecular complexity index is 598. The van der Waals surface area contributed by atoms with E-state index in [2.05, 4.69) is 11.8 Å². The molecule has 2 atom stereocenters. The largest absolute Gasteiger partial charge is 0.494 e. The summed E-state index contributed by atoms with van der Waals surface area (Å²) in [7, 11) is 1.84. The molecule has 2 N–H and O–H groups in total. The topological polar surface area (TPSA) is 96.3 Å². The number of hydrogen-bond acceptors (Lipinski definition) is 5. The Hall–Kier alpha value is -1.83. The fourth-order valence-electron chi connectivity index (χ4n) is 3.27. The molecule has 164 valence electrons. The number of unbranched alkanes of at least 4 members (excludes halogenated alkanes) is 2. The lowest BCUT2D eigenvalue weighted by Gasteiger charge is -2.37. The molecule has 1 aliphatic rings. The van der Waals surface area contributed by atoms with E-state index in [0.717, 1.165) is 30.3 Å². The highest BCUT2D eigenvalue weighted by Crippen LogP contribution is 2.24. The number of aliphatic carboxylic acids is 2. The summed E-state index contributed by atoms with van der Waals surface area (Å²) in [5.41, 5.74) is 0. The maximum Gasteiger partial charge on any atom is 0.414 e. The van der Waals surface area contributed by atoms with Gasteiger partial charge in [0.25, 0.3) is 0 Å². The Morgan fingerprint density at radius 3 is 2.38 bits per heavy atom. The number of methoxy groups -OCH3 is 1. The number of piperidine rings is 1. The maximum absolute atomic E-state index is 9.10. The van der Waals surface area contributed by atoms with Gasteiger partial charge in [-0.1, -0.05) is 31.4 Å². The Kier molecular flexibility index (Phi) is 12.3. The average molecular weight is 430 g/mol. The van der Waals surface area contributed by atoms with Crippen molar-refractivity contribution in [1.29, 1.82) is 0 Å². The van der Waals surface area contributed by atoms with E-state index >= 15 is 0 Å². The van der Waals surface area contributed by atoms with Crippen LogP contribution in [0.15, 0.2) is 24.3 Å². The van der Waals surface area contributed by atoms with Crippen LogP contribution in [0.3, 0.4) is 0 Å². The number of halogens is 1. The first-order chi connectivity index (χ1) is 13.9. The third kappa shape index (κ3) is 10.5. The second kappa shape index (κ2) is 14.2. The summed E-state index contributed by atoms with van der Waals surface area (Å²) < 4.78 is 11.6. The number of hydrogen-bond donors (Lipinski definition) is 2. The van der Waals surface area contributed by atoms with Crippen molar-refractivity contribution < 1.29 is 29.3 Å². The van der Waals surface area contributed by atoms with E-state index in [1.807, 2.05) is 31.4 Å². The van der Waals surface area contributed by atoms with Crippen LogP contribution in [0.25, 0.3) is 0 Å². The smallest absolute Gasteiger partial charge is 0.414 e. The molecule has 0 saturated carbocycles. The van der Waals surface area contributed by atoms with Gasteiger partial charge in [0.05, 0.1) is 12.7 Å². The molecule has 29 heavy (non-hydrogen) atoms. The lowest BCUT2D eigenvalue weighted by Crippen LogP contribution is -2.45. The first kappa shape index (κ1) is 25.2. The number of likely N-dealkylation sites (tertiary alicyclic amines) is 1. The third-order valence-corrected chi connectivity index (χ3v) is 5.17. The van der Waals surface area contributed by atoms with Crippen molar-refractivity contribution in [3.63, 3.8) is 0 Å². The van der Waals surface area contributed by atoms with Crippen LogP contribution in [0.5, 0.6) is 5.75 Å². The van der Waals surface area contributed by atoms with Crippen molar-refractivity contribution in [3.05, 3.63) is 29.3 Å². The number of benzene rings is 1. The maximum atomic E-state index is 9.10. The number of carboxylic acids is 2. The summed E-state index contributed by atoms with van der Waals surface area (Å²) in [5, 5.41) is 15.5. The van der Waals surface area contributed by atoms with E-state index in [-0.39, 0.29) is 0 Å². The van der Waals surface area contributed by atoms with Gasteiger partial charge in [-0.2, -0.15) is 0 Å². The summed E-state index contributed by atoms with van der Waals surface area (Å²) >= 11 is 5.89. The van der Waals surface area contributed by atoms with Gasteiger partial charge in [0, 0.05) is 18.7 Å². The molecule has 0 amide bonds. The van der Waals surface area contributed by atoms with E-state index in [0.29, 0.717) is 12.0 Å². The Morgan fingerprint density at radius 2 is 1.83 bits per heavy atom. The zero-order valence-electron chi connectivity index (χ0n) is 17.2. The molecule has 0 bridgehead atoms. The van der Waals surface area contributed by atoms with Crippen LogP contribution in [0.4, 0.5) is 0 Å². The first-order valence-electron chi connectivity index (χ1n) is 9.97. The molecule has 7 nitrogen and oxygen atoms in total. The molecule has 1 saturated heterocycles. The van der Waals surface area contributed by atoms with Crippen LogP contribution >= 0.6 is 11.6 Å². The summed E-state index contributed by atoms with van der Waals surface area (Å²) in [6.45, 7) is 6.45. The number of rotatable bonds is 9. The second-order valence-electron chi connectivity index (χ2n) is 7.03. The summed E-state index contributed by atoms with van der Waals surface area (Å²) in [4.78, 5) is 20.8. The zero-order chi connectivity index (χ0) is 21.6. The van der Waals surface area contributed by atoms with Crippen LogP contribution < -0.4 is 4.74 Å². The third-order valence-electron chi connectivity index (χ3n) is 4.91. The van der Waals surface area contributed by atoms with Crippen molar-refractivity contribution in [2.75, 3.05) is 33.4 Å². The molecule has 8 heteroatoms. The highest BCUT2D eigenvalue weighted by Gasteiger charge is 2.28. The molecule has 0 radical (unpaired) electrons. The second-order valence-corrected chi connectivity index (χ2v) is 7.47. The average Bonchev–Trinajstić information content (AvgIpc) is 2.71.